The molecule has 0 radical (unpaired) electrons. The van der Waals surface area contributed by atoms with Gasteiger partial charge in [-0.05, 0) is 56.6 Å². The van der Waals surface area contributed by atoms with Crippen LogP contribution < -0.4 is 15.8 Å². The number of nitrogen functional groups attached to an aromatic ring is 1. The van der Waals surface area contributed by atoms with Gasteiger partial charge >= 0.3 is 0 Å². The Kier molecular flexibility index (Phi) is 8.21. The molecule has 0 aliphatic carbocycles. The van der Waals surface area contributed by atoms with E-state index in [0.29, 0.717) is 6.61 Å². The topological polar surface area (TPSA) is 59.8 Å². The molecule has 0 bridgehead atoms. The lowest BCUT2D eigenvalue weighted by Gasteiger charge is -2.26. The molecule has 0 unspecified atom stereocenters. The molecule has 1 saturated heterocycles. The molecular weight excluding hydrogens is 290 g/mol. The normalized spacial score (nSPS) is 15.7. The van der Waals surface area contributed by atoms with Crippen molar-refractivity contribution in [2.45, 2.75) is 26.2 Å². The molecule has 0 spiro atoms. The van der Waals surface area contributed by atoms with E-state index in [1.54, 1.807) is 0 Å². The summed E-state index contributed by atoms with van der Waals surface area (Å²) in [6.45, 7) is 9.93. The Morgan fingerprint density at radius 3 is 2.83 bits per heavy atom. The van der Waals surface area contributed by atoms with Crippen molar-refractivity contribution in [2.24, 2.45) is 0 Å². The monoisotopic (exact) mass is 321 g/mol. The van der Waals surface area contributed by atoms with E-state index < -0.39 is 0 Å². The molecule has 0 aromatic heterocycles. The zero-order valence-electron chi connectivity index (χ0n) is 14.4. The van der Waals surface area contributed by atoms with Crippen LogP contribution in [0.2, 0.25) is 0 Å². The molecule has 23 heavy (non-hydrogen) atoms. The van der Waals surface area contributed by atoms with Crippen molar-refractivity contribution in [3.8, 4) is 5.75 Å². The second-order valence-corrected chi connectivity index (χ2v) is 6.03. The molecule has 0 amide bonds. The van der Waals surface area contributed by atoms with E-state index in [0.717, 1.165) is 70.2 Å². The number of ether oxygens (including phenoxy) is 2. The van der Waals surface area contributed by atoms with Gasteiger partial charge in [0.25, 0.3) is 0 Å². The molecular formula is C18H31N3O2. The molecule has 1 aromatic rings. The van der Waals surface area contributed by atoms with Crippen LogP contribution in [0.5, 0.6) is 5.75 Å². The van der Waals surface area contributed by atoms with Crippen molar-refractivity contribution in [3.63, 3.8) is 0 Å². The SMILES string of the molecule is CCCOc1ccc(CCNCCCN2CCOCC2)cc1N. The van der Waals surface area contributed by atoms with Gasteiger partial charge in [0.1, 0.15) is 5.75 Å². The Morgan fingerprint density at radius 2 is 2.09 bits per heavy atom. The highest BCUT2D eigenvalue weighted by Gasteiger charge is 2.08. The van der Waals surface area contributed by atoms with Crippen LogP contribution in [-0.2, 0) is 11.2 Å². The summed E-state index contributed by atoms with van der Waals surface area (Å²) in [5.74, 6) is 0.800. The van der Waals surface area contributed by atoms with Crippen LogP contribution in [0.15, 0.2) is 18.2 Å². The lowest BCUT2D eigenvalue weighted by atomic mass is 10.1. The van der Waals surface area contributed by atoms with Gasteiger partial charge in [-0.1, -0.05) is 13.0 Å². The maximum Gasteiger partial charge on any atom is 0.142 e. The molecule has 130 valence electrons. The van der Waals surface area contributed by atoms with Gasteiger partial charge in [0, 0.05) is 13.1 Å². The quantitative estimate of drug-likeness (QED) is 0.509. The van der Waals surface area contributed by atoms with Crippen LogP contribution >= 0.6 is 0 Å². The molecule has 1 heterocycles. The van der Waals surface area contributed by atoms with Gasteiger partial charge in [-0.15, -0.1) is 0 Å². The van der Waals surface area contributed by atoms with Crippen LogP contribution in [0.3, 0.4) is 0 Å². The fraction of sp³-hybridized carbons (Fsp3) is 0.667. The summed E-state index contributed by atoms with van der Waals surface area (Å²) < 4.78 is 11.0. The third-order valence-electron chi connectivity index (χ3n) is 4.06. The van der Waals surface area contributed by atoms with Crippen LogP contribution in [0, 0.1) is 0 Å². The van der Waals surface area contributed by atoms with E-state index in [-0.39, 0.29) is 0 Å². The molecule has 0 saturated carbocycles. The molecule has 2 rings (SSSR count). The molecule has 1 fully saturated rings. The van der Waals surface area contributed by atoms with Crippen molar-refractivity contribution in [1.82, 2.24) is 10.2 Å². The standard InChI is InChI=1S/C18H31N3O2/c1-2-12-23-18-5-4-16(15-17(18)19)6-8-20-7-3-9-21-10-13-22-14-11-21/h4-5,15,20H,2-3,6-14,19H2,1H3. The highest BCUT2D eigenvalue weighted by molar-refractivity contribution is 5.54. The molecule has 1 aliphatic rings. The van der Waals surface area contributed by atoms with Gasteiger partial charge in [-0.2, -0.15) is 0 Å². The largest absolute Gasteiger partial charge is 0.491 e. The lowest BCUT2D eigenvalue weighted by molar-refractivity contribution is 0.0375. The number of hydrogen-bond acceptors (Lipinski definition) is 5. The van der Waals surface area contributed by atoms with Gasteiger partial charge in [0.05, 0.1) is 25.5 Å². The van der Waals surface area contributed by atoms with E-state index in [1.165, 1.54) is 12.0 Å². The zero-order chi connectivity index (χ0) is 16.3. The number of morpholine rings is 1. The Bertz CT molecular complexity index is 448. The average molecular weight is 321 g/mol. The number of hydrogen-bond donors (Lipinski definition) is 2. The van der Waals surface area contributed by atoms with Gasteiger partial charge < -0.3 is 20.5 Å². The molecule has 0 atom stereocenters. The third-order valence-corrected chi connectivity index (χ3v) is 4.06. The third kappa shape index (κ3) is 6.77. The molecule has 3 N–H and O–H groups in total. The maximum atomic E-state index is 6.04. The van der Waals surface area contributed by atoms with E-state index >= 15 is 0 Å². The molecule has 1 aliphatic heterocycles. The molecule has 5 heteroatoms. The van der Waals surface area contributed by atoms with E-state index in [1.807, 2.05) is 12.1 Å². The fourth-order valence-electron chi connectivity index (χ4n) is 2.71. The van der Waals surface area contributed by atoms with Crippen LogP contribution in [0.4, 0.5) is 5.69 Å². The fourth-order valence-corrected chi connectivity index (χ4v) is 2.71. The van der Waals surface area contributed by atoms with Crippen molar-refractivity contribution in [1.29, 1.82) is 0 Å². The number of rotatable bonds is 10. The van der Waals surface area contributed by atoms with Gasteiger partial charge in [0.15, 0.2) is 0 Å². The summed E-state index contributed by atoms with van der Waals surface area (Å²) in [4.78, 5) is 2.47. The predicted octanol–water partition coefficient (Wildman–Crippen LogP) is 1.91. The first-order valence-corrected chi connectivity index (χ1v) is 8.81. The van der Waals surface area contributed by atoms with E-state index in [4.69, 9.17) is 15.2 Å². The number of benzene rings is 1. The smallest absolute Gasteiger partial charge is 0.142 e. The van der Waals surface area contributed by atoms with Gasteiger partial charge in [0.2, 0.25) is 0 Å². The predicted molar refractivity (Wildman–Crippen MR) is 95.1 cm³/mol. The minimum Gasteiger partial charge on any atom is -0.491 e. The lowest BCUT2D eigenvalue weighted by Crippen LogP contribution is -2.37. The number of nitrogens with zero attached hydrogens (tertiary/aromatic N) is 1. The van der Waals surface area contributed by atoms with Crippen LogP contribution in [0.1, 0.15) is 25.3 Å². The first-order valence-electron chi connectivity index (χ1n) is 8.81. The maximum absolute atomic E-state index is 6.04. The molecule has 5 nitrogen and oxygen atoms in total. The van der Waals surface area contributed by atoms with E-state index in [9.17, 15) is 0 Å². The van der Waals surface area contributed by atoms with Crippen LogP contribution in [0.25, 0.3) is 0 Å². The average Bonchev–Trinajstić information content (AvgIpc) is 2.58. The first-order chi connectivity index (χ1) is 11.3. The summed E-state index contributed by atoms with van der Waals surface area (Å²) in [7, 11) is 0. The van der Waals surface area contributed by atoms with Crippen molar-refractivity contribution in [2.75, 3.05) is 58.3 Å². The number of nitrogens with two attached hydrogens (primary N) is 1. The summed E-state index contributed by atoms with van der Waals surface area (Å²) in [5.41, 5.74) is 8.03. The summed E-state index contributed by atoms with van der Waals surface area (Å²) in [6, 6.07) is 6.12. The second kappa shape index (κ2) is 10.5. The Labute approximate surface area is 140 Å². The number of anilines is 1. The number of nitrogens with one attached hydrogen (secondary N) is 1. The van der Waals surface area contributed by atoms with Crippen molar-refractivity contribution >= 4 is 5.69 Å². The highest BCUT2D eigenvalue weighted by Crippen LogP contribution is 2.22. The summed E-state index contributed by atoms with van der Waals surface area (Å²) in [6.07, 6.45) is 3.18. The minimum absolute atomic E-state index is 0.717. The zero-order valence-corrected chi connectivity index (χ0v) is 14.4. The first kappa shape index (κ1) is 18.0. The van der Waals surface area contributed by atoms with Gasteiger partial charge in [-0.3, -0.25) is 4.90 Å². The molecule has 1 aromatic carbocycles. The Balaban J connectivity index is 1.57. The summed E-state index contributed by atoms with van der Waals surface area (Å²) in [5, 5.41) is 3.51. The minimum atomic E-state index is 0.717. The summed E-state index contributed by atoms with van der Waals surface area (Å²) >= 11 is 0. The Hall–Kier alpha value is -1.30. The van der Waals surface area contributed by atoms with Gasteiger partial charge in [-0.25, -0.2) is 0 Å². The Morgan fingerprint density at radius 1 is 1.26 bits per heavy atom. The van der Waals surface area contributed by atoms with Crippen molar-refractivity contribution in [3.05, 3.63) is 23.8 Å². The van der Waals surface area contributed by atoms with Crippen molar-refractivity contribution < 1.29 is 9.47 Å². The van der Waals surface area contributed by atoms with Crippen LogP contribution in [-0.4, -0.2) is 57.4 Å². The second-order valence-electron chi connectivity index (χ2n) is 6.03. The highest BCUT2D eigenvalue weighted by atomic mass is 16.5. The van der Waals surface area contributed by atoms with E-state index in [2.05, 4.69) is 23.2 Å².